The second kappa shape index (κ2) is 21.3. The number of amides is 5. The molecule has 12 rings (SSSR count). The van der Waals surface area contributed by atoms with Crippen molar-refractivity contribution in [2.75, 3.05) is 50.9 Å². The molecule has 4 unspecified atom stereocenters. The van der Waals surface area contributed by atoms with Gasteiger partial charge in [0.05, 0.1) is 23.2 Å². The maximum Gasteiger partial charge on any atom is 0.410 e. The molecule has 0 radical (unpaired) electrons. The van der Waals surface area contributed by atoms with Crippen LogP contribution in [-0.4, -0.2) is 154 Å². The number of aromatic nitrogens is 8. The van der Waals surface area contributed by atoms with Crippen molar-refractivity contribution >= 4 is 75.3 Å². The van der Waals surface area contributed by atoms with Crippen LogP contribution in [0, 0.1) is 0 Å². The van der Waals surface area contributed by atoms with Gasteiger partial charge in [-0.1, -0.05) is 25.7 Å². The van der Waals surface area contributed by atoms with Gasteiger partial charge in [-0.2, -0.15) is 9.97 Å². The van der Waals surface area contributed by atoms with Gasteiger partial charge in [-0.15, -0.1) is 0 Å². The molecule has 0 aromatic carbocycles. The molecule has 5 amide bonds. The van der Waals surface area contributed by atoms with Gasteiger partial charge in [-0.25, -0.2) is 24.7 Å². The van der Waals surface area contributed by atoms with Crippen molar-refractivity contribution in [3.05, 3.63) is 83.7 Å². The molecule has 2 aliphatic carbocycles. The molecule has 4 aliphatic heterocycles. The van der Waals surface area contributed by atoms with Crippen molar-refractivity contribution in [1.82, 2.24) is 69.7 Å². The smallest absolute Gasteiger partial charge is 0.410 e. The van der Waals surface area contributed by atoms with Gasteiger partial charge >= 0.3 is 6.09 Å². The summed E-state index contributed by atoms with van der Waals surface area (Å²) in [5.41, 5.74) is 3.16. The fourth-order valence-corrected chi connectivity index (χ4v) is 12.2. The Morgan fingerprint density at radius 3 is 1.40 bits per heavy atom. The van der Waals surface area contributed by atoms with E-state index >= 15 is 0 Å². The van der Waals surface area contributed by atoms with Gasteiger partial charge in [0.25, 0.3) is 23.6 Å². The second-order valence-corrected chi connectivity index (χ2v) is 22.2. The summed E-state index contributed by atoms with van der Waals surface area (Å²) in [4.78, 5) is 97.1. The van der Waals surface area contributed by atoms with Crippen LogP contribution in [0.25, 0.3) is 22.1 Å². The van der Waals surface area contributed by atoms with E-state index in [2.05, 4.69) is 51.1 Å². The zero-order valence-electron chi connectivity index (χ0n) is 44.4. The van der Waals surface area contributed by atoms with E-state index in [9.17, 15) is 24.0 Å². The average Bonchev–Trinajstić information content (AvgIpc) is 4.36. The molecular weight excluding hydrogens is 981 g/mol. The zero-order chi connectivity index (χ0) is 53.5. The third kappa shape index (κ3) is 10.7. The van der Waals surface area contributed by atoms with Crippen molar-refractivity contribution in [3.8, 4) is 0 Å². The summed E-state index contributed by atoms with van der Waals surface area (Å²) in [6.45, 7) is 8.03. The lowest BCUT2D eigenvalue weighted by atomic mass is 10.1. The first kappa shape index (κ1) is 51.4. The summed E-state index contributed by atoms with van der Waals surface area (Å²) in [6.07, 6.45) is 18.9. The third-order valence-electron chi connectivity index (χ3n) is 15.8. The topological polar surface area (TPSA) is 252 Å². The maximum absolute atomic E-state index is 13.4. The minimum Gasteiger partial charge on any atom is -0.444 e. The molecule has 6 aromatic rings. The van der Waals surface area contributed by atoms with Crippen LogP contribution in [0.5, 0.6) is 0 Å². The number of piperazine rings is 2. The predicted molar refractivity (Wildman–Crippen MR) is 289 cm³/mol. The summed E-state index contributed by atoms with van der Waals surface area (Å²) >= 11 is 0. The van der Waals surface area contributed by atoms with E-state index in [4.69, 9.17) is 14.7 Å². The van der Waals surface area contributed by atoms with E-state index in [0.29, 0.717) is 76.9 Å². The summed E-state index contributed by atoms with van der Waals surface area (Å²) in [5.74, 6) is 1.49. The van der Waals surface area contributed by atoms with Crippen LogP contribution < -0.4 is 26.6 Å². The number of carbonyl (C=O) groups excluding carboxylic acids is 5. The molecule has 6 aliphatic rings. The quantitative estimate of drug-likeness (QED) is 0.0937. The van der Waals surface area contributed by atoms with Crippen molar-refractivity contribution in [1.29, 1.82) is 0 Å². The van der Waals surface area contributed by atoms with Crippen LogP contribution >= 0.6 is 0 Å². The van der Waals surface area contributed by atoms with Gasteiger partial charge in [0.15, 0.2) is 0 Å². The predicted octanol–water partition coefficient (Wildman–Crippen LogP) is 6.89. The monoisotopic (exact) mass is 1050 g/mol. The number of pyridine rings is 2. The molecule has 77 heavy (non-hydrogen) atoms. The lowest BCUT2D eigenvalue weighted by molar-refractivity contribution is -0.00337. The Morgan fingerprint density at radius 1 is 0.558 bits per heavy atom. The van der Waals surface area contributed by atoms with Crippen molar-refractivity contribution in [2.24, 2.45) is 0 Å². The highest BCUT2D eigenvalue weighted by atomic mass is 16.6. The van der Waals surface area contributed by atoms with Gasteiger partial charge in [0.2, 0.25) is 11.9 Å². The van der Waals surface area contributed by atoms with Crippen molar-refractivity contribution in [2.45, 2.75) is 140 Å². The molecule has 4 saturated heterocycles. The summed E-state index contributed by atoms with van der Waals surface area (Å²) in [7, 11) is 3.27. The summed E-state index contributed by atoms with van der Waals surface area (Å²) < 4.78 is 9.71. The Bertz CT molecular complexity index is 3170. The van der Waals surface area contributed by atoms with Crippen LogP contribution in [0.1, 0.15) is 152 Å². The lowest BCUT2D eigenvalue weighted by Gasteiger charge is -2.41. The number of fused-ring (bicyclic) bond motifs is 6. The number of carbonyl (C=O) groups is 5. The molecule has 6 aromatic heterocycles. The van der Waals surface area contributed by atoms with E-state index in [1.165, 1.54) is 0 Å². The number of nitrogens with one attached hydrogen (secondary N) is 5. The highest BCUT2D eigenvalue weighted by molar-refractivity contribution is 5.99. The van der Waals surface area contributed by atoms with Crippen LogP contribution in [0.15, 0.2) is 61.2 Å². The van der Waals surface area contributed by atoms with Crippen LogP contribution in [-0.2, 0) is 4.74 Å². The van der Waals surface area contributed by atoms with Crippen LogP contribution in [0.2, 0.25) is 0 Å². The highest BCUT2D eigenvalue weighted by Crippen LogP contribution is 2.37. The number of rotatable bonds is 10. The minimum absolute atomic E-state index is 0.0243. The minimum atomic E-state index is -0.559. The highest BCUT2D eigenvalue weighted by Gasteiger charge is 2.45. The van der Waals surface area contributed by atoms with Gasteiger partial charge in [-0.3, -0.25) is 24.1 Å². The molecule has 4 bridgehead atoms. The molecule has 2 saturated carbocycles. The Labute approximate surface area is 446 Å². The number of hydrogen-bond donors (Lipinski definition) is 5. The fraction of sp³-hybridized carbons (Fsp3) is 0.509. The van der Waals surface area contributed by atoms with E-state index in [1.54, 1.807) is 63.1 Å². The van der Waals surface area contributed by atoms with E-state index < -0.39 is 5.60 Å². The number of ether oxygens (including phenoxy) is 1. The molecule has 22 nitrogen and oxygen atoms in total. The van der Waals surface area contributed by atoms with Gasteiger partial charge in [0.1, 0.15) is 39.9 Å². The number of hydrogen-bond acceptors (Lipinski definition) is 15. The van der Waals surface area contributed by atoms with Crippen molar-refractivity contribution < 1.29 is 28.7 Å². The van der Waals surface area contributed by atoms with Gasteiger partial charge in [-0.05, 0) is 109 Å². The van der Waals surface area contributed by atoms with Gasteiger partial charge < -0.3 is 50.3 Å². The Hall–Kier alpha value is -7.75. The van der Waals surface area contributed by atoms with E-state index in [-0.39, 0.29) is 53.9 Å². The largest absolute Gasteiger partial charge is 0.444 e. The summed E-state index contributed by atoms with van der Waals surface area (Å²) in [5, 5.41) is 17.0. The Morgan fingerprint density at radius 2 is 1.00 bits per heavy atom. The summed E-state index contributed by atoms with van der Waals surface area (Å²) in [6, 6.07) is 12.0. The number of nitrogens with zero attached hydrogens (tertiary/aromatic N) is 11. The zero-order valence-corrected chi connectivity index (χ0v) is 44.4. The van der Waals surface area contributed by atoms with E-state index in [1.807, 2.05) is 52.2 Å². The Kier molecular flexibility index (Phi) is 14.2. The molecule has 10 heterocycles. The normalized spacial score (nSPS) is 21.3. The molecule has 0 spiro atoms. The van der Waals surface area contributed by atoms with Gasteiger partial charge in [0, 0.05) is 100 Å². The molecule has 404 valence electrons. The maximum atomic E-state index is 13.4. The lowest BCUT2D eigenvalue weighted by Crippen LogP contribution is -2.57. The number of likely N-dealkylation sites (tertiary alicyclic amines) is 2. The molecule has 22 heteroatoms. The third-order valence-corrected chi connectivity index (χ3v) is 15.8. The molecular formula is C55H68N16O6. The van der Waals surface area contributed by atoms with Crippen molar-refractivity contribution in [3.63, 3.8) is 0 Å². The van der Waals surface area contributed by atoms with Crippen LogP contribution in [0.4, 0.5) is 28.3 Å². The number of anilines is 4. The first-order chi connectivity index (χ1) is 37.2. The fourth-order valence-electron chi connectivity index (χ4n) is 12.2. The molecule has 4 atom stereocenters. The second-order valence-electron chi connectivity index (χ2n) is 22.2. The van der Waals surface area contributed by atoms with Crippen LogP contribution in [0.3, 0.4) is 0 Å². The SMILES string of the molecule is CNC(=O)c1cc2cnc(Nc3ccc(C(=O)N4CC5CCC(C4)N5)cn3)nc2n1C1CCCC1.CNC(=O)c1cc2cnc(Nc3ccc(C(=O)N4CC5CCC(C4)N5C(=O)OC(C)(C)C)cn3)nc2n1C1CCCC1. The molecule has 6 fully saturated rings. The average molecular weight is 1050 g/mol. The Balaban J connectivity index is 0.000000166. The molecule has 5 N–H and O–H groups in total. The van der Waals surface area contributed by atoms with E-state index in [0.717, 1.165) is 107 Å². The first-order valence-corrected chi connectivity index (χ1v) is 27.2. The standard InChI is InChI=1S/C30H38N8O4.C25H30N8O2/c1-30(2,3)42-29(41)37-21-10-11-22(37)17-36(16-21)27(40)18-9-12-24(32-14-18)34-28-33-15-19-13-23(26(39)31-4)38(25(19)35-28)20-7-5-6-8-20;1-26-23(34)20-10-16-12-28-25(31-22(16)33(20)19-4-2-3-5-19)30-21-9-6-15(11-27-21)24(35)32-13-17-7-8-18(14-32)29-17/h9,12-15,20-22H,5-8,10-11,16-17H2,1-4H3,(H,31,39)(H,32,33,34,35);6,9-12,17-19,29H,2-5,7-8,13-14H2,1H3,(H,26,34)(H,27,28,30,31). The first-order valence-electron chi connectivity index (χ1n) is 27.2.